The van der Waals surface area contributed by atoms with Crippen LogP contribution in [0.4, 0.5) is 0 Å². The van der Waals surface area contributed by atoms with Gasteiger partial charge in [-0.05, 0) is 30.1 Å². The van der Waals surface area contributed by atoms with Crippen LogP contribution in [0.3, 0.4) is 0 Å². The van der Waals surface area contributed by atoms with Crippen LogP contribution in [-0.2, 0) is 4.79 Å². The van der Waals surface area contributed by atoms with Crippen molar-refractivity contribution in [2.45, 2.75) is 26.7 Å². The number of fused-ring (bicyclic) bond motifs is 2. The molecule has 3 saturated carbocycles. The van der Waals surface area contributed by atoms with Gasteiger partial charge in [0.2, 0.25) is 0 Å². The average molecular weight is 164 g/mol. The Hall–Kier alpha value is -0.590. The lowest BCUT2D eigenvalue weighted by molar-refractivity contribution is -0.116. The van der Waals surface area contributed by atoms with E-state index in [1.807, 2.05) is 0 Å². The number of aldehydes is 1. The first-order valence-corrected chi connectivity index (χ1v) is 4.71. The van der Waals surface area contributed by atoms with Crippen molar-refractivity contribution in [3.8, 4) is 0 Å². The molecular weight excluding hydrogens is 148 g/mol. The highest BCUT2D eigenvalue weighted by molar-refractivity contribution is 5.60. The molecule has 1 nitrogen and oxygen atoms in total. The Morgan fingerprint density at radius 2 is 2.17 bits per heavy atom. The molecule has 0 saturated heterocycles. The maximum atomic E-state index is 10.7. The predicted molar refractivity (Wildman–Crippen MR) is 48.7 cm³/mol. The molecule has 0 heterocycles. The van der Waals surface area contributed by atoms with E-state index in [2.05, 4.69) is 20.4 Å². The summed E-state index contributed by atoms with van der Waals surface area (Å²) in [5, 5.41) is 0. The van der Waals surface area contributed by atoms with Crippen LogP contribution in [0.25, 0.3) is 0 Å². The Bertz CT molecular complexity index is 239. The molecule has 0 amide bonds. The minimum absolute atomic E-state index is 0.168. The molecule has 1 unspecified atom stereocenters. The van der Waals surface area contributed by atoms with Crippen LogP contribution in [0.5, 0.6) is 0 Å². The normalized spacial score (nSPS) is 43.5. The SMILES string of the molecule is C=C1C(C=O)C[C@@H]2C[C@H]1C2(C)C. The summed E-state index contributed by atoms with van der Waals surface area (Å²) in [6.07, 6.45) is 3.40. The number of rotatable bonds is 1. The maximum absolute atomic E-state index is 10.7. The highest BCUT2D eigenvalue weighted by Crippen LogP contribution is 2.61. The first-order valence-electron chi connectivity index (χ1n) is 4.71. The molecule has 0 radical (unpaired) electrons. The third-order valence-corrected chi connectivity index (χ3v) is 4.10. The van der Waals surface area contributed by atoms with Crippen LogP contribution in [0.15, 0.2) is 12.2 Å². The third kappa shape index (κ3) is 0.769. The fourth-order valence-electron chi connectivity index (χ4n) is 2.90. The zero-order valence-corrected chi connectivity index (χ0v) is 7.84. The van der Waals surface area contributed by atoms with Crippen molar-refractivity contribution in [3.05, 3.63) is 12.2 Å². The van der Waals surface area contributed by atoms with E-state index in [-0.39, 0.29) is 5.92 Å². The second-order valence-electron chi connectivity index (χ2n) is 4.86. The van der Waals surface area contributed by atoms with Gasteiger partial charge in [-0.2, -0.15) is 0 Å². The van der Waals surface area contributed by atoms with E-state index in [4.69, 9.17) is 0 Å². The molecule has 2 bridgehead atoms. The zero-order chi connectivity index (χ0) is 8.93. The van der Waals surface area contributed by atoms with Gasteiger partial charge in [0, 0.05) is 5.92 Å². The van der Waals surface area contributed by atoms with E-state index in [0.29, 0.717) is 11.3 Å². The highest BCUT2D eigenvalue weighted by atomic mass is 16.1. The minimum Gasteiger partial charge on any atom is -0.303 e. The minimum atomic E-state index is 0.168. The van der Waals surface area contributed by atoms with Gasteiger partial charge in [0.25, 0.3) is 0 Å². The topological polar surface area (TPSA) is 17.1 Å². The van der Waals surface area contributed by atoms with Gasteiger partial charge in [-0.15, -0.1) is 0 Å². The molecular formula is C11H16O. The van der Waals surface area contributed by atoms with Crippen molar-refractivity contribution in [3.63, 3.8) is 0 Å². The fourth-order valence-corrected chi connectivity index (χ4v) is 2.90. The van der Waals surface area contributed by atoms with Crippen LogP contribution in [0, 0.1) is 23.2 Å². The summed E-state index contributed by atoms with van der Waals surface area (Å²) in [5.41, 5.74) is 1.62. The van der Waals surface area contributed by atoms with E-state index in [0.717, 1.165) is 18.6 Å². The number of allylic oxidation sites excluding steroid dienone is 1. The summed E-state index contributed by atoms with van der Waals surface area (Å²) in [6, 6.07) is 0. The molecule has 1 heteroatoms. The third-order valence-electron chi connectivity index (χ3n) is 4.10. The second kappa shape index (κ2) is 2.21. The number of hydrogen-bond acceptors (Lipinski definition) is 1. The lowest BCUT2D eigenvalue weighted by Crippen LogP contribution is -2.52. The van der Waals surface area contributed by atoms with Crippen molar-refractivity contribution < 1.29 is 4.79 Å². The Morgan fingerprint density at radius 3 is 2.58 bits per heavy atom. The van der Waals surface area contributed by atoms with Gasteiger partial charge in [-0.25, -0.2) is 0 Å². The summed E-state index contributed by atoms with van der Waals surface area (Å²) in [4.78, 5) is 10.7. The van der Waals surface area contributed by atoms with E-state index in [1.54, 1.807) is 0 Å². The molecule has 0 spiro atoms. The molecule has 66 valence electrons. The largest absolute Gasteiger partial charge is 0.303 e. The number of carbonyl (C=O) groups excluding carboxylic acids is 1. The van der Waals surface area contributed by atoms with Crippen LogP contribution < -0.4 is 0 Å². The monoisotopic (exact) mass is 164 g/mol. The smallest absolute Gasteiger partial charge is 0.127 e. The van der Waals surface area contributed by atoms with Crippen molar-refractivity contribution >= 4 is 6.29 Å². The highest BCUT2D eigenvalue weighted by Gasteiger charge is 2.54. The summed E-state index contributed by atoms with van der Waals surface area (Å²) >= 11 is 0. The Morgan fingerprint density at radius 1 is 1.50 bits per heavy atom. The summed E-state index contributed by atoms with van der Waals surface area (Å²) < 4.78 is 0. The lowest BCUT2D eigenvalue weighted by atomic mass is 9.45. The summed E-state index contributed by atoms with van der Waals surface area (Å²) in [5.74, 6) is 1.55. The number of hydrogen-bond donors (Lipinski definition) is 0. The van der Waals surface area contributed by atoms with Crippen LogP contribution in [-0.4, -0.2) is 6.29 Å². The van der Waals surface area contributed by atoms with E-state index >= 15 is 0 Å². The number of carbonyl (C=O) groups is 1. The summed E-state index contributed by atoms with van der Waals surface area (Å²) in [6.45, 7) is 8.66. The molecule has 3 atom stereocenters. The van der Waals surface area contributed by atoms with Crippen molar-refractivity contribution in [2.24, 2.45) is 23.2 Å². The van der Waals surface area contributed by atoms with Gasteiger partial charge in [-0.3, -0.25) is 0 Å². The standard InChI is InChI=1S/C11H16O/c1-7-8(6-12)4-9-5-10(7)11(9,2)3/h6,8-10H,1,4-5H2,2-3H3/t8?,9-,10-/m1/s1. The zero-order valence-electron chi connectivity index (χ0n) is 7.84. The van der Waals surface area contributed by atoms with Crippen molar-refractivity contribution in [1.29, 1.82) is 0 Å². The molecule has 0 aromatic heterocycles. The molecule has 3 fully saturated rings. The molecule has 3 aliphatic rings. The van der Waals surface area contributed by atoms with E-state index in [9.17, 15) is 4.79 Å². The van der Waals surface area contributed by atoms with Crippen LogP contribution in [0.1, 0.15) is 26.7 Å². The van der Waals surface area contributed by atoms with Gasteiger partial charge < -0.3 is 4.79 Å². The molecule has 12 heavy (non-hydrogen) atoms. The quantitative estimate of drug-likeness (QED) is 0.429. The van der Waals surface area contributed by atoms with E-state index < -0.39 is 0 Å². The van der Waals surface area contributed by atoms with E-state index in [1.165, 1.54) is 12.0 Å². The van der Waals surface area contributed by atoms with Gasteiger partial charge in [0.1, 0.15) is 6.29 Å². The van der Waals surface area contributed by atoms with Gasteiger partial charge >= 0.3 is 0 Å². The molecule has 0 N–H and O–H groups in total. The van der Waals surface area contributed by atoms with Gasteiger partial charge in [0.15, 0.2) is 0 Å². The predicted octanol–water partition coefficient (Wildman–Crippen LogP) is 2.42. The summed E-state index contributed by atoms with van der Waals surface area (Å²) in [7, 11) is 0. The maximum Gasteiger partial charge on any atom is 0.127 e. The molecule has 3 rings (SSSR count). The van der Waals surface area contributed by atoms with Crippen molar-refractivity contribution in [1.82, 2.24) is 0 Å². The lowest BCUT2D eigenvalue weighted by Gasteiger charge is -2.59. The van der Waals surface area contributed by atoms with Crippen LogP contribution >= 0.6 is 0 Å². The van der Waals surface area contributed by atoms with Crippen molar-refractivity contribution in [2.75, 3.05) is 0 Å². The molecule has 3 aliphatic carbocycles. The molecule has 0 aliphatic heterocycles. The first kappa shape index (κ1) is 8.03. The first-order chi connectivity index (χ1) is 5.57. The van der Waals surface area contributed by atoms with Gasteiger partial charge in [0.05, 0.1) is 0 Å². The Kier molecular flexibility index (Phi) is 1.48. The Balaban J connectivity index is 2.22. The molecule has 0 aromatic rings. The Labute approximate surface area is 73.8 Å². The van der Waals surface area contributed by atoms with Crippen LogP contribution in [0.2, 0.25) is 0 Å². The van der Waals surface area contributed by atoms with Gasteiger partial charge in [-0.1, -0.05) is 26.0 Å². The molecule has 0 aromatic carbocycles. The average Bonchev–Trinajstić information content (AvgIpc) is 2.03. The fraction of sp³-hybridized carbons (Fsp3) is 0.727. The second-order valence-corrected chi connectivity index (χ2v) is 4.86.